The number of likely N-dealkylation sites (tertiary alicyclic amines) is 1. The zero-order valence-corrected chi connectivity index (χ0v) is 15.1. The highest BCUT2D eigenvalue weighted by molar-refractivity contribution is 5.91. The van der Waals surface area contributed by atoms with Gasteiger partial charge in [-0.1, -0.05) is 6.07 Å². The first kappa shape index (κ1) is 17.6. The molecular weight excluding hydrogens is 318 g/mol. The Kier molecular flexibility index (Phi) is 5.16. The van der Waals surface area contributed by atoms with Crippen LogP contribution in [0.3, 0.4) is 0 Å². The zero-order valence-electron chi connectivity index (χ0n) is 15.1. The number of aryl methyl sites for hydroxylation is 1. The molecule has 2 N–H and O–H groups in total. The van der Waals surface area contributed by atoms with Crippen LogP contribution in [0.2, 0.25) is 0 Å². The third kappa shape index (κ3) is 4.06. The number of rotatable bonds is 2. The Balaban J connectivity index is 1.60. The number of carbonyl (C=O) groups is 2. The molecule has 0 atom stereocenters. The van der Waals surface area contributed by atoms with Crippen molar-refractivity contribution >= 4 is 17.6 Å². The van der Waals surface area contributed by atoms with Gasteiger partial charge in [0.15, 0.2) is 0 Å². The highest BCUT2D eigenvalue weighted by Gasteiger charge is 2.37. The summed E-state index contributed by atoms with van der Waals surface area (Å²) in [5, 5.41) is 5.93. The van der Waals surface area contributed by atoms with Crippen LogP contribution in [0.15, 0.2) is 18.2 Å². The molecule has 1 spiro atoms. The first-order valence-corrected chi connectivity index (χ1v) is 8.99. The number of anilines is 1. The number of benzene rings is 1. The van der Waals surface area contributed by atoms with Crippen molar-refractivity contribution in [1.82, 2.24) is 10.2 Å². The molecule has 3 rings (SSSR count). The first-order valence-electron chi connectivity index (χ1n) is 8.99. The van der Waals surface area contributed by atoms with Crippen LogP contribution in [-0.4, -0.2) is 43.6 Å². The Morgan fingerprint density at radius 2 is 2.00 bits per heavy atom. The maximum atomic E-state index is 12.6. The third-order valence-corrected chi connectivity index (χ3v) is 5.57. The van der Waals surface area contributed by atoms with E-state index in [4.69, 9.17) is 4.74 Å². The minimum atomic E-state index is -0.0819. The normalized spacial score (nSPS) is 19.9. The van der Waals surface area contributed by atoms with Gasteiger partial charge in [0.2, 0.25) is 5.91 Å². The largest absolute Gasteiger partial charge is 0.495 e. The number of methoxy groups -OCH3 is 1. The van der Waals surface area contributed by atoms with Crippen LogP contribution in [0.5, 0.6) is 5.75 Å². The molecule has 2 saturated heterocycles. The van der Waals surface area contributed by atoms with Crippen molar-refractivity contribution in [2.45, 2.75) is 39.0 Å². The number of hydrogen-bond acceptors (Lipinski definition) is 3. The van der Waals surface area contributed by atoms with E-state index in [0.29, 0.717) is 17.9 Å². The van der Waals surface area contributed by atoms with Gasteiger partial charge in [-0.2, -0.15) is 0 Å². The van der Waals surface area contributed by atoms with E-state index < -0.39 is 0 Å². The van der Waals surface area contributed by atoms with Gasteiger partial charge in [-0.3, -0.25) is 4.79 Å². The van der Waals surface area contributed by atoms with Gasteiger partial charge in [-0.05, 0) is 55.7 Å². The van der Waals surface area contributed by atoms with Crippen LogP contribution in [-0.2, 0) is 4.79 Å². The summed E-state index contributed by atoms with van der Waals surface area (Å²) >= 11 is 0. The van der Waals surface area contributed by atoms with Crippen LogP contribution < -0.4 is 15.4 Å². The number of nitrogens with one attached hydrogen (secondary N) is 2. The summed E-state index contributed by atoms with van der Waals surface area (Å²) in [7, 11) is 1.60. The molecule has 1 aromatic rings. The zero-order chi connectivity index (χ0) is 17.9. The molecule has 6 heteroatoms. The van der Waals surface area contributed by atoms with Gasteiger partial charge < -0.3 is 20.3 Å². The lowest BCUT2D eigenvalue weighted by atomic mass is 9.73. The SMILES string of the molecule is COc1ccc(C)cc1NC(=O)N1CCC2(CCNC(=O)CC2)CC1. The van der Waals surface area contributed by atoms with Crippen molar-refractivity contribution in [1.29, 1.82) is 0 Å². The second-order valence-electron chi connectivity index (χ2n) is 7.22. The van der Waals surface area contributed by atoms with Crippen molar-refractivity contribution in [2.24, 2.45) is 5.41 Å². The number of hydrogen-bond donors (Lipinski definition) is 2. The van der Waals surface area contributed by atoms with Crippen molar-refractivity contribution in [3.8, 4) is 5.75 Å². The van der Waals surface area contributed by atoms with Gasteiger partial charge in [-0.25, -0.2) is 4.79 Å². The van der Waals surface area contributed by atoms with Gasteiger partial charge in [0, 0.05) is 26.1 Å². The van der Waals surface area contributed by atoms with E-state index in [-0.39, 0.29) is 17.4 Å². The molecule has 2 aliphatic rings. The van der Waals surface area contributed by atoms with Crippen molar-refractivity contribution in [2.75, 3.05) is 32.1 Å². The van der Waals surface area contributed by atoms with E-state index in [1.165, 1.54) is 0 Å². The van der Waals surface area contributed by atoms with Crippen LogP contribution in [0, 0.1) is 12.3 Å². The molecule has 1 aromatic carbocycles. The smallest absolute Gasteiger partial charge is 0.321 e. The lowest BCUT2D eigenvalue weighted by Crippen LogP contribution is -2.45. The summed E-state index contributed by atoms with van der Waals surface area (Å²) in [5.41, 5.74) is 1.98. The average molecular weight is 345 g/mol. The fourth-order valence-electron chi connectivity index (χ4n) is 3.86. The van der Waals surface area contributed by atoms with Gasteiger partial charge in [0.1, 0.15) is 5.75 Å². The molecule has 0 saturated carbocycles. The Morgan fingerprint density at radius 3 is 2.72 bits per heavy atom. The van der Waals surface area contributed by atoms with E-state index in [1.54, 1.807) is 7.11 Å². The summed E-state index contributed by atoms with van der Waals surface area (Å²) in [4.78, 5) is 26.1. The summed E-state index contributed by atoms with van der Waals surface area (Å²) in [6, 6.07) is 5.67. The lowest BCUT2D eigenvalue weighted by molar-refractivity contribution is -0.121. The van der Waals surface area contributed by atoms with E-state index in [2.05, 4.69) is 10.6 Å². The molecular formula is C19H27N3O3. The van der Waals surface area contributed by atoms with E-state index >= 15 is 0 Å². The lowest BCUT2D eigenvalue weighted by Gasteiger charge is -2.41. The van der Waals surface area contributed by atoms with Gasteiger partial charge in [-0.15, -0.1) is 0 Å². The number of nitrogens with zero attached hydrogens (tertiary/aromatic N) is 1. The highest BCUT2D eigenvalue weighted by atomic mass is 16.5. The van der Waals surface area contributed by atoms with Crippen molar-refractivity contribution < 1.29 is 14.3 Å². The van der Waals surface area contributed by atoms with Crippen LogP contribution in [0.4, 0.5) is 10.5 Å². The standard InChI is InChI=1S/C19H27N3O3/c1-14-3-4-16(25-2)15(13-14)21-18(24)22-11-8-19(9-12-22)6-5-17(23)20-10-7-19/h3-4,13H,5-12H2,1-2H3,(H,20,23)(H,21,24). The van der Waals surface area contributed by atoms with Crippen LogP contribution in [0.25, 0.3) is 0 Å². The average Bonchev–Trinajstić information content (AvgIpc) is 2.78. The molecule has 0 aliphatic carbocycles. The van der Waals surface area contributed by atoms with E-state index in [9.17, 15) is 9.59 Å². The predicted octanol–water partition coefficient (Wildman–Crippen LogP) is 2.92. The van der Waals surface area contributed by atoms with Crippen molar-refractivity contribution in [3.05, 3.63) is 23.8 Å². The fraction of sp³-hybridized carbons (Fsp3) is 0.579. The van der Waals surface area contributed by atoms with E-state index in [0.717, 1.165) is 50.9 Å². The molecule has 2 aliphatic heterocycles. The molecule has 3 amide bonds. The number of urea groups is 1. The fourth-order valence-corrected chi connectivity index (χ4v) is 3.86. The van der Waals surface area contributed by atoms with Gasteiger partial charge in [0.25, 0.3) is 0 Å². The second kappa shape index (κ2) is 7.33. The molecule has 0 aromatic heterocycles. The Hall–Kier alpha value is -2.24. The maximum absolute atomic E-state index is 12.6. The number of amides is 3. The summed E-state index contributed by atoms with van der Waals surface area (Å²) in [6.07, 6.45) is 4.47. The van der Waals surface area contributed by atoms with Crippen LogP contribution >= 0.6 is 0 Å². The molecule has 136 valence electrons. The summed E-state index contributed by atoms with van der Waals surface area (Å²) < 4.78 is 5.33. The minimum absolute atomic E-state index is 0.0819. The predicted molar refractivity (Wildman–Crippen MR) is 96.9 cm³/mol. The number of carbonyl (C=O) groups excluding carboxylic acids is 2. The Bertz CT molecular complexity index is 651. The topological polar surface area (TPSA) is 70.7 Å². The first-order chi connectivity index (χ1) is 12.0. The second-order valence-corrected chi connectivity index (χ2v) is 7.22. The quantitative estimate of drug-likeness (QED) is 0.866. The number of ether oxygens (including phenoxy) is 1. The minimum Gasteiger partial charge on any atom is -0.495 e. The van der Waals surface area contributed by atoms with E-state index in [1.807, 2.05) is 30.0 Å². The number of piperidine rings is 1. The molecule has 6 nitrogen and oxygen atoms in total. The maximum Gasteiger partial charge on any atom is 0.321 e. The molecule has 0 unspecified atom stereocenters. The highest BCUT2D eigenvalue weighted by Crippen LogP contribution is 2.40. The molecule has 2 heterocycles. The molecule has 0 radical (unpaired) electrons. The summed E-state index contributed by atoms with van der Waals surface area (Å²) in [5.74, 6) is 0.823. The van der Waals surface area contributed by atoms with Gasteiger partial charge >= 0.3 is 6.03 Å². The Labute approximate surface area is 148 Å². The van der Waals surface area contributed by atoms with Crippen molar-refractivity contribution in [3.63, 3.8) is 0 Å². The third-order valence-electron chi connectivity index (χ3n) is 5.57. The van der Waals surface area contributed by atoms with Gasteiger partial charge in [0.05, 0.1) is 12.8 Å². The molecule has 25 heavy (non-hydrogen) atoms. The van der Waals surface area contributed by atoms with Crippen LogP contribution in [0.1, 0.15) is 37.7 Å². The molecule has 0 bridgehead atoms. The Morgan fingerprint density at radius 1 is 1.24 bits per heavy atom. The monoisotopic (exact) mass is 345 g/mol. The summed E-state index contributed by atoms with van der Waals surface area (Å²) in [6.45, 7) is 4.20. The molecule has 2 fully saturated rings.